The fourth-order valence-corrected chi connectivity index (χ4v) is 4.20. The van der Waals surface area contributed by atoms with Crippen LogP contribution in [-0.4, -0.2) is 46.7 Å². The smallest absolute Gasteiger partial charge is 0.303 e. The lowest BCUT2D eigenvalue weighted by Crippen LogP contribution is -2.40. The lowest BCUT2D eigenvalue weighted by molar-refractivity contribution is -0.151. The van der Waals surface area contributed by atoms with Crippen LogP contribution in [0.5, 0.6) is 0 Å². The zero-order chi connectivity index (χ0) is 16.3. The van der Waals surface area contributed by atoms with Crippen molar-refractivity contribution in [2.24, 2.45) is 11.8 Å². The van der Waals surface area contributed by atoms with Crippen LogP contribution in [0.4, 0.5) is 0 Å². The fourth-order valence-electron chi connectivity index (χ4n) is 4.20. The quantitative estimate of drug-likeness (QED) is 0.624. The molecular formula is C17H28O5. The molecule has 22 heavy (non-hydrogen) atoms. The van der Waals surface area contributed by atoms with Crippen LogP contribution in [0.15, 0.2) is 0 Å². The molecule has 0 amide bonds. The standard InChI is InChI=1S/C17H28O5/c1-9(2)11-6-7-16(4)14(21-16)12(19)8-17(5)15(22-17)13(11)20-10(3)18/h9,11-15,19H,6-8H2,1-5H3/t11-,12+,13+,14-,15+,16+,17-/m0/s1. The maximum absolute atomic E-state index is 11.5. The molecular weight excluding hydrogens is 284 g/mol. The Kier molecular flexibility index (Phi) is 3.82. The molecule has 0 unspecified atom stereocenters. The maximum Gasteiger partial charge on any atom is 0.303 e. The third-order valence-corrected chi connectivity index (χ3v) is 5.70. The Morgan fingerprint density at radius 1 is 1.23 bits per heavy atom. The van der Waals surface area contributed by atoms with Crippen LogP contribution in [0.2, 0.25) is 0 Å². The largest absolute Gasteiger partial charge is 0.459 e. The Labute approximate surface area is 132 Å². The molecule has 0 bridgehead atoms. The zero-order valence-electron chi connectivity index (χ0n) is 14.2. The summed E-state index contributed by atoms with van der Waals surface area (Å²) < 4.78 is 17.3. The summed E-state index contributed by atoms with van der Waals surface area (Å²) in [5.74, 6) is 0.369. The summed E-state index contributed by atoms with van der Waals surface area (Å²) in [5, 5.41) is 10.4. The van der Waals surface area contributed by atoms with E-state index in [4.69, 9.17) is 14.2 Å². The summed E-state index contributed by atoms with van der Waals surface area (Å²) in [6.45, 7) is 9.83. The molecule has 7 atom stereocenters. The van der Waals surface area contributed by atoms with Crippen LogP contribution in [-0.2, 0) is 19.0 Å². The van der Waals surface area contributed by atoms with Gasteiger partial charge in [-0.15, -0.1) is 0 Å². The monoisotopic (exact) mass is 312 g/mol. The normalized spacial score (nSPS) is 50.8. The van der Waals surface area contributed by atoms with Crippen molar-refractivity contribution < 1.29 is 24.1 Å². The zero-order valence-corrected chi connectivity index (χ0v) is 14.2. The summed E-state index contributed by atoms with van der Waals surface area (Å²) in [5.41, 5.74) is -0.664. The van der Waals surface area contributed by atoms with Crippen molar-refractivity contribution in [3.63, 3.8) is 0 Å². The number of epoxide rings is 2. The molecule has 0 aromatic heterocycles. The molecule has 5 heteroatoms. The fraction of sp³-hybridized carbons (Fsp3) is 0.941. The van der Waals surface area contributed by atoms with E-state index in [9.17, 15) is 9.90 Å². The van der Waals surface area contributed by atoms with Gasteiger partial charge in [-0.3, -0.25) is 4.79 Å². The Morgan fingerprint density at radius 3 is 2.45 bits per heavy atom. The topological polar surface area (TPSA) is 71.6 Å². The van der Waals surface area contributed by atoms with E-state index >= 15 is 0 Å². The van der Waals surface area contributed by atoms with Crippen LogP contribution in [0.1, 0.15) is 53.9 Å². The predicted octanol–water partition coefficient (Wildman–Crippen LogP) is 2.05. The van der Waals surface area contributed by atoms with E-state index in [1.54, 1.807) is 0 Å². The summed E-state index contributed by atoms with van der Waals surface area (Å²) in [6.07, 6.45) is 1.33. The van der Waals surface area contributed by atoms with Crippen LogP contribution >= 0.6 is 0 Å². The molecule has 3 rings (SSSR count). The van der Waals surface area contributed by atoms with Crippen molar-refractivity contribution in [3.05, 3.63) is 0 Å². The van der Waals surface area contributed by atoms with E-state index in [0.29, 0.717) is 12.3 Å². The number of fused-ring (bicyclic) bond motifs is 2. The van der Waals surface area contributed by atoms with Gasteiger partial charge in [-0.2, -0.15) is 0 Å². The van der Waals surface area contributed by atoms with E-state index in [0.717, 1.165) is 12.8 Å². The number of hydrogen-bond acceptors (Lipinski definition) is 5. The second-order valence-electron chi connectivity index (χ2n) is 7.99. The second kappa shape index (κ2) is 5.18. The van der Waals surface area contributed by atoms with E-state index in [-0.39, 0.29) is 35.8 Å². The number of carbonyl (C=O) groups is 1. The molecule has 5 nitrogen and oxygen atoms in total. The van der Waals surface area contributed by atoms with Gasteiger partial charge in [-0.05, 0) is 32.6 Å². The summed E-state index contributed by atoms with van der Waals surface area (Å²) in [4.78, 5) is 11.5. The van der Waals surface area contributed by atoms with Crippen molar-refractivity contribution in [3.8, 4) is 0 Å². The van der Waals surface area contributed by atoms with Gasteiger partial charge in [-0.1, -0.05) is 13.8 Å². The average molecular weight is 312 g/mol. The first-order valence-corrected chi connectivity index (χ1v) is 8.37. The van der Waals surface area contributed by atoms with E-state index in [2.05, 4.69) is 20.8 Å². The first kappa shape index (κ1) is 16.2. The van der Waals surface area contributed by atoms with Crippen molar-refractivity contribution in [2.45, 2.75) is 89.5 Å². The number of rotatable bonds is 2. The molecule has 0 aromatic rings. The molecule has 1 N–H and O–H groups in total. The number of ether oxygens (including phenoxy) is 3. The Morgan fingerprint density at radius 2 is 1.86 bits per heavy atom. The molecule has 2 aliphatic heterocycles. The molecule has 2 saturated heterocycles. The van der Waals surface area contributed by atoms with E-state index < -0.39 is 11.7 Å². The van der Waals surface area contributed by atoms with Crippen molar-refractivity contribution in [1.82, 2.24) is 0 Å². The Balaban J connectivity index is 1.85. The number of aliphatic hydroxyl groups excluding tert-OH is 1. The van der Waals surface area contributed by atoms with Gasteiger partial charge < -0.3 is 19.3 Å². The molecule has 3 fully saturated rings. The van der Waals surface area contributed by atoms with Crippen LogP contribution < -0.4 is 0 Å². The minimum atomic E-state index is -0.520. The van der Waals surface area contributed by atoms with Gasteiger partial charge in [0.25, 0.3) is 0 Å². The third kappa shape index (κ3) is 2.79. The summed E-state index contributed by atoms with van der Waals surface area (Å²) in [7, 11) is 0. The average Bonchev–Trinajstić information content (AvgIpc) is 3.23. The number of hydrogen-bond donors (Lipinski definition) is 1. The summed E-state index contributed by atoms with van der Waals surface area (Å²) >= 11 is 0. The van der Waals surface area contributed by atoms with E-state index in [1.807, 2.05) is 6.92 Å². The number of esters is 1. The lowest BCUT2D eigenvalue weighted by Gasteiger charge is -2.31. The SMILES string of the molecule is CC(=O)O[C@H]1[C@H]2O[C@@]2(C)C[C@@H](O)[C@@H]2O[C@]2(C)CC[C@H]1C(C)C. The molecule has 126 valence electrons. The molecule has 2 heterocycles. The van der Waals surface area contributed by atoms with Gasteiger partial charge in [0.05, 0.1) is 17.3 Å². The van der Waals surface area contributed by atoms with Gasteiger partial charge >= 0.3 is 5.97 Å². The molecule has 1 saturated carbocycles. The highest BCUT2D eigenvalue weighted by atomic mass is 16.6. The van der Waals surface area contributed by atoms with Gasteiger partial charge in [0.1, 0.15) is 18.3 Å². The van der Waals surface area contributed by atoms with Gasteiger partial charge in [0, 0.05) is 19.3 Å². The minimum absolute atomic E-state index is 0.0905. The van der Waals surface area contributed by atoms with Crippen molar-refractivity contribution in [1.29, 1.82) is 0 Å². The summed E-state index contributed by atoms with van der Waals surface area (Å²) in [6, 6.07) is 0. The minimum Gasteiger partial charge on any atom is -0.459 e. The number of carbonyl (C=O) groups excluding carboxylic acids is 1. The molecule has 3 aliphatic rings. The number of aliphatic hydroxyl groups is 1. The second-order valence-corrected chi connectivity index (χ2v) is 7.99. The highest BCUT2D eigenvalue weighted by Crippen LogP contribution is 2.53. The van der Waals surface area contributed by atoms with Crippen molar-refractivity contribution in [2.75, 3.05) is 0 Å². The highest BCUT2D eigenvalue weighted by molar-refractivity contribution is 5.66. The van der Waals surface area contributed by atoms with Crippen molar-refractivity contribution >= 4 is 5.97 Å². The third-order valence-electron chi connectivity index (χ3n) is 5.70. The first-order valence-electron chi connectivity index (χ1n) is 8.37. The van der Waals surface area contributed by atoms with Crippen LogP contribution in [0.3, 0.4) is 0 Å². The molecule has 0 radical (unpaired) electrons. The first-order chi connectivity index (χ1) is 10.2. The van der Waals surface area contributed by atoms with Gasteiger partial charge in [0.2, 0.25) is 0 Å². The van der Waals surface area contributed by atoms with Crippen LogP contribution in [0, 0.1) is 11.8 Å². The molecule has 1 aliphatic carbocycles. The molecule has 0 spiro atoms. The molecule has 0 aromatic carbocycles. The Bertz CT molecular complexity index is 464. The lowest BCUT2D eigenvalue weighted by atomic mass is 9.77. The van der Waals surface area contributed by atoms with Gasteiger partial charge in [-0.25, -0.2) is 0 Å². The highest BCUT2D eigenvalue weighted by Gasteiger charge is 2.65. The van der Waals surface area contributed by atoms with E-state index in [1.165, 1.54) is 6.92 Å². The van der Waals surface area contributed by atoms with Crippen LogP contribution in [0.25, 0.3) is 0 Å². The maximum atomic E-state index is 11.5. The van der Waals surface area contributed by atoms with Gasteiger partial charge in [0.15, 0.2) is 0 Å². The Hall–Kier alpha value is -0.650. The predicted molar refractivity (Wildman–Crippen MR) is 80.3 cm³/mol.